The smallest absolute Gasteiger partial charge is 0.303 e. The number of carbonyl (C=O) groups excluding carboxylic acids is 1. The van der Waals surface area contributed by atoms with E-state index in [1.165, 1.54) is 18.3 Å². The van der Waals surface area contributed by atoms with Gasteiger partial charge in [-0.3, -0.25) is 4.79 Å². The Hall–Kier alpha value is -2.49. The lowest BCUT2D eigenvalue weighted by atomic mass is 10.1. The van der Waals surface area contributed by atoms with Crippen LogP contribution < -0.4 is 9.64 Å². The van der Waals surface area contributed by atoms with Crippen molar-refractivity contribution in [1.82, 2.24) is 20.4 Å². The monoisotopic (exact) mass is 479 g/mol. The molecule has 0 spiro atoms. The summed E-state index contributed by atoms with van der Waals surface area (Å²) in [5.74, 6) is 0.978. The number of para-hydroxylation sites is 1. The molecule has 0 unspecified atom stereocenters. The fourth-order valence-corrected chi connectivity index (χ4v) is 4.36. The highest BCUT2D eigenvalue weighted by molar-refractivity contribution is 7.14. The first-order valence-corrected chi connectivity index (χ1v) is 11.2. The Morgan fingerprint density at radius 2 is 1.84 bits per heavy atom. The predicted molar refractivity (Wildman–Crippen MR) is 119 cm³/mol. The Labute approximate surface area is 193 Å². The van der Waals surface area contributed by atoms with Gasteiger partial charge in [-0.25, -0.2) is 0 Å². The molecule has 3 aromatic rings. The van der Waals surface area contributed by atoms with Crippen LogP contribution in [0.25, 0.3) is 10.7 Å². The predicted octanol–water partition coefficient (Wildman–Crippen LogP) is 4.41. The van der Waals surface area contributed by atoms with E-state index in [4.69, 9.17) is 32.7 Å². The molecular weight excluding hydrogens is 461 g/mol. The minimum atomic E-state index is -0.356. The summed E-state index contributed by atoms with van der Waals surface area (Å²) >= 11 is 13.7. The summed E-state index contributed by atoms with van der Waals surface area (Å²) < 4.78 is 11.0. The second-order valence-corrected chi connectivity index (χ2v) is 8.79. The van der Waals surface area contributed by atoms with E-state index in [9.17, 15) is 4.79 Å². The zero-order valence-electron chi connectivity index (χ0n) is 16.6. The lowest BCUT2D eigenvalue weighted by Gasteiger charge is -2.33. The second kappa shape index (κ2) is 9.76. The van der Waals surface area contributed by atoms with E-state index in [-0.39, 0.29) is 18.7 Å². The van der Waals surface area contributed by atoms with E-state index >= 15 is 0 Å². The number of aromatic nitrogens is 4. The fraction of sp³-hybridized carbons (Fsp3) is 0.350. The molecule has 1 aliphatic heterocycles. The Balaban J connectivity index is 1.34. The highest BCUT2D eigenvalue weighted by Crippen LogP contribution is 2.34. The Bertz CT molecular complexity index is 1030. The van der Waals surface area contributed by atoms with Gasteiger partial charge in [-0.1, -0.05) is 40.6 Å². The summed E-state index contributed by atoms with van der Waals surface area (Å²) in [4.78, 5) is 13.1. The maximum atomic E-state index is 10.9. The molecule has 4 rings (SSSR count). The third kappa shape index (κ3) is 5.41. The first kappa shape index (κ1) is 21.7. The molecule has 2 aromatic heterocycles. The molecule has 3 heterocycles. The third-order valence-corrected chi connectivity index (χ3v) is 6.22. The highest BCUT2D eigenvalue weighted by Gasteiger charge is 2.23. The van der Waals surface area contributed by atoms with Gasteiger partial charge in [0.25, 0.3) is 0 Å². The van der Waals surface area contributed by atoms with Crippen molar-refractivity contribution in [3.63, 3.8) is 0 Å². The molecule has 0 saturated carbocycles. The largest absolute Gasteiger partial charge is 0.487 e. The van der Waals surface area contributed by atoms with Gasteiger partial charge < -0.3 is 14.4 Å². The van der Waals surface area contributed by atoms with E-state index < -0.39 is 0 Å². The quantitative estimate of drug-likeness (QED) is 0.480. The lowest BCUT2D eigenvalue weighted by Crippen LogP contribution is -2.38. The van der Waals surface area contributed by atoms with Gasteiger partial charge in [0, 0.05) is 32.9 Å². The van der Waals surface area contributed by atoms with Gasteiger partial charge in [0.1, 0.15) is 18.4 Å². The summed E-state index contributed by atoms with van der Waals surface area (Å²) in [7, 11) is 0. The van der Waals surface area contributed by atoms with Crippen molar-refractivity contribution in [2.45, 2.75) is 32.5 Å². The van der Waals surface area contributed by atoms with Gasteiger partial charge in [0.05, 0.1) is 10.0 Å². The van der Waals surface area contributed by atoms with Crippen molar-refractivity contribution < 1.29 is 14.3 Å². The SMILES string of the molecule is CC(=O)OCc1nnc(-c2ccc(N3CCC(Oc4c(Cl)cccc4Cl)CC3)nn2)s1. The summed E-state index contributed by atoms with van der Waals surface area (Å²) in [6.07, 6.45) is 1.68. The molecule has 31 heavy (non-hydrogen) atoms. The number of hydrogen-bond acceptors (Lipinski definition) is 9. The minimum absolute atomic E-state index is 0.0397. The number of carbonyl (C=O) groups is 1. The van der Waals surface area contributed by atoms with Gasteiger partial charge in [0.15, 0.2) is 21.6 Å². The zero-order chi connectivity index (χ0) is 21.8. The standard InChI is InChI=1S/C20H19Cl2N5O3S/c1-12(28)29-11-18-25-26-20(31-18)16-5-6-17(24-23-16)27-9-7-13(8-10-27)30-19-14(21)3-2-4-15(19)22/h2-6,13H,7-11H2,1H3. The number of piperidine rings is 1. The van der Waals surface area contributed by atoms with E-state index in [2.05, 4.69) is 25.3 Å². The van der Waals surface area contributed by atoms with Crippen LogP contribution in [-0.2, 0) is 16.1 Å². The van der Waals surface area contributed by atoms with Crippen molar-refractivity contribution in [2.75, 3.05) is 18.0 Å². The minimum Gasteiger partial charge on any atom is -0.487 e. The van der Waals surface area contributed by atoms with Crippen molar-refractivity contribution >= 4 is 46.3 Å². The van der Waals surface area contributed by atoms with Gasteiger partial charge in [0.2, 0.25) is 0 Å². The van der Waals surface area contributed by atoms with Crippen LogP contribution in [0.1, 0.15) is 24.8 Å². The average Bonchev–Trinajstić information content (AvgIpc) is 3.25. The molecule has 0 radical (unpaired) electrons. The van der Waals surface area contributed by atoms with Crippen LogP contribution in [0.15, 0.2) is 30.3 Å². The molecular formula is C20H19Cl2N5O3S. The summed E-state index contributed by atoms with van der Waals surface area (Å²) in [5.41, 5.74) is 0.627. The number of ether oxygens (including phenoxy) is 2. The third-order valence-electron chi connectivity index (χ3n) is 4.70. The van der Waals surface area contributed by atoms with Crippen LogP contribution in [0.5, 0.6) is 5.75 Å². The van der Waals surface area contributed by atoms with E-state index in [0.717, 1.165) is 31.7 Å². The van der Waals surface area contributed by atoms with Gasteiger partial charge >= 0.3 is 5.97 Å². The van der Waals surface area contributed by atoms with E-state index in [0.29, 0.717) is 31.5 Å². The topological polar surface area (TPSA) is 90.3 Å². The molecule has 0 bridgehead atoms. The molecule has 162 valence electrons. The molecule has 1 saturated heterocycles. The molecule has 1 aliphatic rings. The van der Waals surface area contributed by atoms with Crippen molar-refractivity contribution in [1.29, 1.82) is 0 Å². The molecule has 0 N–H and O–H groups in total. The molecule has 1 aromatic carbocycles. The van der Waals surface area contributed by atoms with Crippen LogP contribution in [0, 0.1) is 0 Å². The first-order chi connectivity index (χ1) is 15.0. The number of nitrogens with zero attached hydrogens (tertiary/aromatic N) is 5. The number of anilines is 1. The normalized spacial score (nSPS) is 14.5. The van der Waals surface area contributed by atoms with Crippen molar-refractivity contribution in [3.8, 4) is 16.5 Å². The molecule has 0 amide bonds. The molecule has 8 nitrogen and oxygen atoms in total. The number of hydrogen-bond donors (Lipinski definition) is 0. The summed E-state index contributed by atoms with van der Waals surface area (Å²) in [6.45, 7) is 3.03. The first-order valence-electron chi connectivity index (χ1n) is 9.65. The Morgan fingerprint density at radius 3 is 2.48 bits per heavy atom. The van der Waals surface area contributed by atoms with Gasteiger partial charge in [-0.15, -0.1) is 20.4 Å². The van der Waals surface area contributed by atoms with Gasteiger partial charge in [-0.05, 0) is 24.3 Å². The zero-order valence-corrected chi connectivity index (χ0v) is 19.0. The number of rotatable bonds is 6. The summed E-state index contributed by atoms with van der Waals surface area (Å²) in [5, 5.41) is 19.0. The van der Waals surface area contributed by atoms with Crippen molar-refractivity contribution in [2.24, 2.45) is 0 Å². The average molecular weight is 480 g/mol. The molecule has 0 atom stereocenters. The Kier molecular flexibility index (Phi) is 6.84. The van der Waals surface area contributed by atoms with E-state index in [1.807, 2.05) is 12.1 Å². The maximum absolute atomic E-state index is 10.9. The highest BCUT2D eigenvalue weighted by atomic mass is 35.5. The van der Waals surface area contributed by atoms with Gasteiger partial charge in [-0.2, -0.15) is 0 Å². The van der Waals surface area contributed by atoms with Crippen LogP contribution in [-0.4, -0.2) is 45.6 Å². The molecule has 11 heteroatoms. The number of benzene rings is 1. The Morgan fingerprint density at radius 1 is 1.10 bits per heavy atom. The lowest BCUT2D eigenvalue weighted by molar-refractivity contribution is -0.142. The summed E-state index contributed by atoms with van der Waals surface area (Å²) in [6, 6.07) is 9.12. The molecule has 1 fully saturated rings. The van der Waals surface area contributed by atoms with Crippen LogP contribution in [0.2, 0.25) is 10.0 Å². The number of esters is 1. The second-order valence-electron chi connectivity index (χ2n) is 6.91. The maximum Gasteiger partial charge on any atom is 0.303 e. The van der Waals surface area contributed by atoms with Crippen molar-refractivity contribution in [3.05, 3.63) is 45.4 Å². The fourth-order valence-electron chi connectivity index (χ4n) is 3.15. The van der Waals surface area contributed by atoms with Crippen LogP contribution in [0.3, 0.4) is 0 Å². The number of halogens is 2. The van der Waals surface area contributed by atoms with Crippen LogP contribution in [0.4, 0.5) is 5.82 Å². The molecule has 0 aliphatic carbocycles. The van der Waals surface area contributed by atoms with E-state index in [1.54, 1.807) is 18.2 Å². The van der Waals surface area contributed by atoms with Crippen LogP contribution >= 0.6 is 34.5 Å².